The Morgan fingerprint density at radius 1 is 1.24 bits per heavy atom. The Kier molecular flexibility index (Phi) is 4.63. The van der Waals surface area contributed by atoms with Crippen LogP contribution in [0.25, 0.3) is 0 Å². The van der Waals surface area contributed by atoms with E-state index in [0.717, 1.165) is 5.56 Å². The molecule has 0 aromatic heterocycles. The summed E-state index contributed by atoms with van der Waals surface area (Å²) in [5.74, 6) is -0.690. The number of amides is 1. The molecule has 0 fully saturated rings. The monoisotopic (exact) mass is 351 g/mol. The first-order valence-electron chi connectivity index (χ1n) is 6.41. The van der Waals surface area contributed by atoms with E-state index in [9.17, 15) is 14.3 Å². The van der Waals surface area contributed by atoms with Crippen LogP contribution in [0.15, 0.2) is 34.8 Å². The number of hydrogen-bond donors (Lipinski definition) is 2. The Hall–Kier alpha value is -1.88. The zero-order chi connectivity index (χ0) is 15.6. The van der Waals surface area contributed by atoms with Gasteiger partial charge >= 0.3 is 0 Å². The van der Waals surface area contributed by atoms with E-state index in [0.29, 0.717) is 15.6 Å². The van der Waals surface area contributed by atoms with E-state index in [2.05, 4.69) is 21.2 Å². The summed E-state index contributed by atoms with van der Waals surface area (Å²) in [4.78, 5) is 12.1. The van der Waals surface area contributed by atoms with Gasteiger partial charge in [0.1, 0.15) is 11.6 Å². The first-order valence-corrected chi connectivity index (χ1v) is 7.20. The molecule has 2 N–H and O–H groups in total. The molecule has 3 nitrogen and oxygen atoms in total. The predicted molar refractivity (Wildman–Crippen MR) is 82.9 cm³/mol. The molecule has 0 aliphatic heterocycles. The third-order valence-corrected chi connectivity index (χ3v) is 3.65. The molecule has 2 aromatic rings. The summed E-state index contributed by atoms with van der Waals surface area (Å²) < 4.78 is 14.3. The smallest absolute Gasteiger partial charge is 0.255 e. The third-order valence-electron chi connectivity index (χ3n) is 3.15. The second kappa shape index (κ2) is 6.26. The van der Waals surface area contributed by atoms with E-state index >= 15 is 0 Å². The summed E-state index contributed by atoms with van der Waals surface area (Å²) in [6.07, 6.45) is 0. The number of aromatic hydroxyl groups is 1. The molecule has 0 radical (unpaired) electrons. The van der Waals surface area contributed by atoms with Crippen LogP contribution >= 0.6 is 15.9 Å². The van der Waals surface area contributed by atoms with Gasteiger partial charge in [-0.05, 0) is 48.7 Å². The van der Waals surface area contributed by atoms with E-state index in [-0.39, 0.29) is 29.6 Å². The quantitative estimate of drug-likeness (QED) is 0.882. The van der Waals surface area contributed by atoms with Crippen molar-refractivity contribution in [2.75, 3.05) is 0 Å². The van der Waals surface area contributed by atoms with Crippen LogP contribution in [0.5, 0.6) is 5.75 Å². The highest BCUT2D eigenvalue weighted by atomic mass is 79.9. The van der Waals surface area contributed by atoms with Crippen molar-refractivity contribution in [3.8, 4) is 5.75 Å². The van der Waals surface area contributed by atoms with Crippen molar-refractivity contribution in [1.82, 2.24) is 5.32 Å². The fraction of sp³-hybridized carbons (Fsp3) is 0.188. The van der Waals surface area contributed by atoms with Gasteiger partial charge in [-0.25, -0.2) is 4.39 Å². The zero-order valence-electron chi connectivity index (χ0n) is 11.7. The van der Waals surface area contributed by atoms with E-state index < -0.39 is 0 Å². The lowest BCUT2D eigenvalue weighted by molar-refractivity contribution is 0.0948. The zero-order valence-corrected chi connectivity index (χ0v) is 13.3. The number of phenolic OH excluding ortho intramolecular Hbond substituents is 1. The number of carbonyl (C=O) groups excluding carboxylic acids is 1. The van der Waals surface area contributed by atoms with Gasteiger partial charge < -0.3 is 10.4 Å². The van der Waals surface area contributed by atoms with Gasteiger partial charge in [-0.1, -0.05) is 28.1 Å². The van der Waals surface area contributed by atoms with E-state index in [4.69, 9.17) is 0 Å². The molecular formula is C16H15BrFNO2. The summed E-state index contributed by atoms with van der Waals surface area (Å²) in [5.41, 5.74) is 2.10. The number of nitrogens with one attached hydrogen (secondary N) is 1. The van der Waals surface area contributed by atoms with Gasteiger partial charge in [0.05, 0.1) is 5.56 Å². The molecular weight excluding hydrogens is 337 g/mol. The van der Waals surface area contributed by atoms with E-state index in [1.165, 1.54) is 6.07 Å². The minimum Gasteiger partial charge on any atom is -0.507 e. The number of phenols is 1. The summed E-state index contributed by atoms with van der Waals surface area (Å²) in [5, 5.41) is 12.4. The van der Waals surface area contributed by atoms with Gasteiger partial charge in [-0.15, -0.1) is 0 Å². The molecule has 0 aliphatic carbocycles. The van der Waals surface area contributed by atoms with Crippen molar-refractivity contribution in [3.63, 3.8) is 0 Å². The highest BCUT2D eigenvalue weighted by Gasteiger charge is 2.12. The summed E-state index contributed by atoms with van der Waals surface area (Å²) in [6, 6.07) is 8.04. The normalized spacial score (nSPS) is 10.5. The van der Waals surface area contributed by atoms with Crippen LogP contribution in [0.1, 0.15) is 27.0 Å². The molecule has 0 heterocycles. The van der Waals surface area contributed by atoms with Crippen LogP contribution in [-0.2, 0) is 6.54 Å². The molecule has 21 heavy (non-hydrogen) atoms. The predicted octanol–water partition coefficient (Wildman–Crippen LogP) is 3.84. The molecule has 0 spiro atoms. The van der Waals surface area contributed by atoms with Crippen molar-refractivity contribution in [3.05, 3.63) is 62.9 Å². The molecule has 0 aliphatic rings. The summed E-state index contributed by atoms with van der Waals surface area (Å²) in [7, 11) is 0. The number of hydrogen-bond acceptors (Lipinski definition) is 2. The molecule has 0 atom stereocenters. The average Bonchev–Trinajstić information content (AvgIpc) is 2.44. The van der Waals surface area contributed by atoms with Crippen LogP contribution in [0.2, 0.25) is 0 Å². The maximum Gasteiger partial charge on any atom is 0.255 e. The lowest BCUT2D eigenvalue weighted by Gasteiger charge is -2.10. The second-order valence-corrected chi connectivity index (χ2v) is 5.80. The maximum absolute atomic E-state index is 13.5. The van der Waals surface area contributed by atoms with Gasteiger partial charge in [-0.3, -0.25) is 4.79 Å². The number of benzene rings is 2. The molecule has 2 rings (SSSR count). The van der Waals surface area contributed by atoms with Gasteiger partial charge in [0.2, 0.25) is 0 Å². The average molecular weight is 352 g/mol. The minimum absolute atomic E-state index is 0.0813. The van der Waals surface area contributed by atoms with Crippen LogP contribution in [0.4, 0.5) is 4.39 Å². The topological polar surface area (TPSA) is 49.3 Å². The van der Waals surface area contributed by atoms with Crippen LogP contribution < -0.4 is 5.32 Å². The van der Waals surface area contributed by atoms with Crippen molar-refractivity contribution in [2.45, 2.75) is 20.4 Å². The fourth-order valence-electron chi connectivity index (χ4n) is 2.11. The highest BCUT2D eigenvalue weighted by molar-refractivity contribution is 9.10. The van der Waals surface area contributed by atoms with Crippen molar-refractivity contribution < 1.29 is 14.3 Å². The lowest BCUT2D eigenvalue weighted by atomic mass is 10.1. The molecule has 5 heteroatoms. The molecule has 1 amide bonds. The number of aryl methyl sites for hydroxylation is 2. The Balaban J connectivity index is 2.13. The van der Waals surface area contributed by atoms with E-state index in [1.807, 2.05) is 0 Å². The van der Waals surface area contributed by atoms with Gasteiger partial charge in [0, 0.05) is 11.0 Å². The van der Waals surface area contributed by atoms with Crippen LogP contribution in [0.3, 0.4) is 0 Å². The Bertz CT molecular complexity index is 678. The van der Waals surface area contributed by atoms with Crippen LogP contribution in [0, 0.1) is 19.7 Å². The van der Waals surface area contributed by atoms with Crippen molar-refractivity contribution >= 4 is 21.8 Å². The SMILES string of the molecule is Cc1cc(CNC(=O)c2cc(Br)ccc2O)cc(C)c1F. The molecule has 0 saturated carbocycles. The maximum atomic E-state index is 13.5. The first kappa shape index (κ1) is 15.5. The lowest BCUT2D eigenvalue weighted by Crippen LogP contribution is -2.23. The third kappa shape index (κ3) is 3.61. The number of halogens is 2. The summed E-state index contributed by atoms with van der Waals surface area (Å²) >= 11 is 3.25. The van der Waals surface area contributed by atoms with Crippen molar-refractivity contribution in [1.29, 1.82) is 0 Å². The van der Waals surface area contributed by atoms with Gasteiger partial charge in [-0.2, -0.15) is 0 Å². The molecule has 0 unspecified atom stereocenters. The van der Waals surface area contributed by atoms with E-state index in [1.54, 1.807) is 38.1 Å². The minimum atomic E-state index is -0.381. The van der Waals surface area contributed by atoms with Gasteiger partial charge in [0.15, 0.2) is 0 Å². The largest absolute Gasteiger partial charge is 0.507 e. The van der Waals surface area contributed by atoms with Crippen molar-refractivity contribution in [2.24, 2.45) is 0 Å². The Morgan fingerprint density at radius 2 is 1.86 bits per heavy atom. The fourth-order valence-corrected chi connectivity index (χ4v) is 2.47. The second-order valence-electron chi connectivity index (χ2n) is 4.89. The Labute approximate surface area is 130 Å². The molecule has 0 bridgehead atoms. The first-order chi connectivity index (χ1) is 9.88. The van der Waals surface area contributed by atoms with Crippen LogP contribution in [-0.4, -0.2) is 11.0 Å². The Morgan fingerprint density at radius 3 is 2.48 bits per heavy atom. The molecule has 2 aromatic carbocycles. The van der Waals surface area contributed by atoms with Gasteiger partial charge in [0.25, 0.3) is 5.91 Å². The molecule has 110 valence electrons. The number of carbonyl (C=O) groups is 1. The standard InChI is InChI=1S/C16H15BrFNO2/c1-9-5-11(6-10(2)15(9)18)8-19-16(21)13-7-12(17)3-4-14(13)20/h3-7,20H,8H2,1-2H3,(H,19,21). The molecule has 0 saturated heterocycles. The number of rotatable bonds is 3. The highest BCUT2D eigenvalue weighted by Crippen LogP contribution is 2.22. The summed E-state index contributed by atoms with van der Waals surface area (Å²) in [6.45, 7) is 3.65.